The van der Waals surface area contributed by atoms with Crippen molar-refractivity contribution in [1.29, 1.82) is 0 Å². The van der Waals surface area contributed by atoms with Crippen molar-refractivity contribution in [2.45, 2.75) is 121 Å². The van der Waals surface area contributed by atoms with Crippen LogP contribution in [0.2, 0.25) is 30.7 Å². The maximum absolute atomic E-state index is 13.7. The molecule has 0 aliphatic rings. The van der Waals surface area contributed by atoms with E-state index in [0.29, 0.717) is 32.7 Å². The van der Waals surface area contributed by atoms with E-state index >= 15 is 0 Å². The fourth-order valence-electron chi connectivity index (χ4n) is 7.48. The van der Waals surface area contributed by atoms with E-state index in [-0.39, 0.29) is 56.4 Å². The van der Waals surface area contributed by atoms with Crippen LogP contribution in [0.25, 0.3) is 0 Å². The summed E-state index contributed by atoms with van der Waals surface area (Å²) in [6.07, 6.45) is 0.577. The van der Waals surface area contributed by atoms with E-state index in [0.717, 1.165) is 33.3 Å². The van der Waals surface area contributed by atoms with Crippen molar-refractivity contribution >= 4 is 32.5 Å². The Kier molecular flexibility index (Phi) is 21.4. The van der Waals surface area contributed by atoms with Crippen molar-refractivity contribution < 1.29 is 42.7 Å². The number of carbonyl (C=O) groups excluding carboxylic acids is 1. The van der Waals surface area contributed by atoms with Crippen molar-refractivity contribution in [3.63, 3.8) is 0 Å². The molecule has 0 aromatic heterocycles. The molecule has 1 unspecified atom stereocenters. The lowest BCUT2D eigenvalue weighted by molar-refractivity contribution is -0.144. The first-order valence-electron chi connectivity index (χ1n) is 21.9. The van der Waals surface area contributed by atoms with Crippen LogP contribution < -0.4 is 15.1 Å². The minimum Gasteiger partial charge on any atom is -0.497 e. The van der Waals surface area contributed by atoms with Crippen LogP contribution in [0, 0.1) is 0 Å². The van der Waals surface area contributed by atoms with E-state index in [4.69, 9.17) is 32.8 Å². The molecule has 0 bridgehead atoms. The molecule has 338 valence electrons. The van der Waals surface area contributed by atoms with Gasteiger partial charge in [-0.1, -0.05) is 150 Å². The molecular formula is C51H72O9Si2. The molecule has 0 fully saturated rings. The van der Waals surface area contributed by atoms with Gasteiger partial charge in [0, 0.05) is 33.9 Å². The normalized spacial score (nSPS) is 14.2. The number of ether oxygens (including phenoxy) is 6. The number of methoxy groups -OCH3 is 1. The second kappa shape index (κ2) is 26.1. The van der Waals surface area contributed by atoms with Gasteiger partial charge in [-0.2, -0.15) is 0 Å². The number of hydrogen-bond donors (Lipinski definition) is 1. The molecule has 0 radical (unpaired) electrons. The van der Waals surface area contributed by atoms with Gasteiger partial charge in [0.05, 0.1) is 51.3 Å². The number of rotatable bonds is 30. The molecule has 4 aromatic rings. The molecule has 0 amide bonds. The average Bonchev–Trinajstić information content (AvgIpc) is 3.24. The molecule has 4 aromatic carbocycles. The van der Waals surface area contributed by atoms with Gasteiger partial charge in [-0.25, -0.2) is 0 Å². The summed E-state index contributed by atoms with van der Waals surface area (Å²) >= 11 is 0. The highest BCUT2D eigenvalue weighted by molar-refractivity contribution is 6.99. The van der Waals surface area contributed by atoms with Gasteiger partial charge in [-0.3, -0.25) is 4.79 Å². The Hall–Kier alpha value is -3.76. The Morgan fingerprint density at radius 2 is 1.29 bits per heavy atom. The molecular weight excluding hydrogens is 813 g/mol. The van der Waals surface area contributed by atoms with E-state index < -0.39 is 34.7 Å². The van der Waals surface area contributed by atoms with Crippen LogP contribution >= 0.6 is 0 Å². The maximum Gasteiger partial charge on any atom is 0.261 e. The van der Waals surface area contributed by atoms with E-state index in [1.807, 2.05) is 66.7 Å². The molecule has 0 saturated carbocycles. The monoisotopic (exact) mass is 884 g/mol. The summed E-state index contributed by atoms with van der Waals surface area (Å²) in [6, 6.07) is 39.5. The van der Waals surface area contributed by atoms with Crippen LogP contribution in [-0.4, -0.2) is 85.6 Å². The summed E-state index contributed by atoms with van der Waals surface area (Å²) in [4.78, 5) is 13.7. The fourth-order valence-corrected chi connectivity index (χ4v) is 12.9. The Balaban J connectivity index is 1.59. The number of benzene rings is 4. The van der Waals surface area contributed by atoms with E-state index in [1.165, 1.54) is 0 Å². The molecule has 1 N–H and O–H groups in total. The molecule has 4 rings (SSSR count). The van der Waals surface area contributed by atoms with Crippen LogP contribution in [0.3, 0.4) is 0 Å². The van der Waals surface area contributed by atoms with Gasteiger partial charge >= 0.3 is 0 Å². The summed E-state index contributed by atoms with van der Waals surface area (Å²) in [5, 5.41) is 13.8. The molecule has 0 saturated heterocycles. The van der Waals surface area contributed by atoms with Crippen molar-refractivity contribution in [3.8, 4) is 5.75 Å². The third kappa shape index (κ3) is 17.4. The number of aliphatic hydroxyl groups excluding tert-OH is 1. The molecule has 62 heavy (non-hydrogen) atoms. The molecule has 9 nitrogen and oxygen atoms in total. The molecule has 0 aliphatic heterocycles. The Morgan fingerprint density at radius 3 is 1.85 bits per heavy atom. The number of hydrogen-bond acceptors (Lipinski definition) is 9. The second-order valence-electron chi connectivity index (χ2n) is 18.2. The predicted octanol–water partition coefficient (Wildman–Crippen LogP) is 9.48. The molecule has 0 aliphatic carbocycles. The van der Waals surface area contributed by atoms with Gasteiger partial charge in [0.15, 0.2) is 0 Å². The van der Waals surface area contributed by atoms with Crippen molar-refractivity contribution in [1.82, 2.24) is 0 Å². The molecule has 4 atom stereocenters. The summed E-state index contributed by atoms with van der Waals surface area (Å²) in [7, 11) is -2.74. The number of Topliss-reactive ketones (excluding diaryl/α,β-unsaturated/α-hetero) is 1. The molecule has 0 spiro atoms. The Labute approximate surface area is 373 Å². The standard InChI is InChI=1S/C51H72O9Si2/c1-9-19-46(58-37-42-26-28-45(54-5)29-27-42)33-43(52)32-44(53)34-47(60-62(51(2,3)4,49-22-15-11-16-23-49)50-24-17-12-18-25-50)35-48(38-57-39-55-30-31-61(6,7)8)59-40-56-36-41-20-13-10-14-21-41/h9-18,20-29,44,46-48,53H,1,19,30-40H2,2-8H3/t44?,46-,47+,48+/m0/s1. The van der Waals surface area contributed by atoms with Gasteiger partial charge < -0.3 is 38.0 Å². The lowest BCUT2D eigenvalue weighted by Crippen LogP contribution is -2.68. The van der Waals surface area contributed by atoms with Gasteiger partial charge in [-0.15, -0.1) is 6.58 Å². The lowest BCUT2D eigenvalue weighted by Gasteiger charge is -2.46. The fraction of sp³-hybridized carbons (Fsp3) is 0.471. The van der Waals surface area contributed by atoms with Crippen LogP contribution in [0.1, 0.15) is 64.0 Å². The van der Waals surface area contributed by atoms with Gasteiger partial charge in [0.1, 0.15) is 25.1 Å². The van der Waals surface area contributed by atoms with Crippen molar-refractivity contribution in [2.75, 3.05) is 33.9 Å². The quantitative estimate of drug-likeness (QED) is 0.0238. The van der Waals surface area contributed by atoms with Gasteiger partial charge in [0.2, 0.25) is 0 Å². The zero-order chi connectivity index (χ0) is 44.9. The third-order valence-corrected chi connectivity index (χ3v) is 17.6. The smallest absolute Gasteiger partial charge is 0.261 e. The van der Waals surface area contributed by atoms with Crippen molar-refractivity contribution in [3.05, 3.63) is 139 Å². The van der Waals surface area contributed by atoms with E-state index in [9.17, 15) is 9.90 Å². The first-order chi connectivity index (χ1) is 29.7. The Bertz CT molecular complexity index is 1790. The average molecular weight is 885 g/mol. The van der Waals surface area contributed by atoms with Crippen molar-refractivity contribution in [2.24, 2.45) is 0 Å². The van der Waals surface area contributed by atoms with E-state index in [2.05, 4.69) is 95.5 Å². The predicted molar refractivity (Wildman–Crippen MR) is 254 cm³/mol. The summed E-state index contributed by atoms with van der Waals surface area (Å²) in [5.41, 5.74) is 2.02. The van der Waals surface area contributed by atoms with Crippen LogP contribution in [-0.2, 0) is 46.1 Å². The highest BCUT2D eigenvalue weighted by atomic mass is 28.4. The first-order valence-corrected chi connectivity index (χ1v) is 27.6. The van der Waals surface area contributed by atoms with E-state index in [1.54, 1.807) is 13.2 Å². The van der Waals surface area contributed by atoms with Crippen LogP contribution in [0.4, 0.5) is 0 Å². The summed E-state index contributed by atoms with van der Waals surface area (Å²) in [6.45, 7) is 19.3. The molecule has 0 heterocycles. The maximum atomic E-state index is 13.7. The zero-order valence-corrected chi connectivity index (χ0v) is 40.3. The number of ketones is 1. The zero-order valence-electron chi connectivity index (χ0n) is 38.3. The first kappa shape index (κ1) is 50.9. The van der Waals surface area contributed by atoms with Gasteiger partial charge in [0.25, 0.3) is 8.32 Å². The number of carbonyl (C=O) groups is 1. The van der Waals surface area contributed by atoms with Crippen LogP contribution in [0.5, 0.6) is 5.75 Å². The molecule has 11 heteroatoms. The SMILES string of the molecule is C=CC[C@@H](CC(=O)CC(O)C[C@H](C[C@H](COCOCC[Si](C)(C)C)OCOCc1ccccc1)O[Si](c1ccccc1)(c1ccccc1)C(C)(C)C)OCc1ccc(OC)cc1. The minimum absolute atomic E-state index is 0.0353. The highest BCUT2D eigenvalue weighted by Gasteiger charge is 2.51. The second-order valence-corrected chi connectivity index (χ2v) is 28.1. The third-order valence-electron chi connectivity index (χ3n) is 10.8. The highest BCUT2D eigenvalue weighted by Crippen LogP contribution is 2.39. The lowest BCUT2D eigenvalue weighted by atomic mass is 9.99. The largest absolute Gasteiger partial charge is 0.497 e. The van der Waals surface area contributed by atoms with Crippen LogP contribution in [0.15, 0.2) is 128 Å². The van der Waals surface area contributed by atoms with Gasteiger partial charge in [-0.05, 0) is 57.6 Å². The topological polar surface area (TPSA) is 102 Å². The Morgan fingerprint density at radius 1 is 0.694 bits per heavy atom. The summed E-state index contributed by atoms with van der Waals surface area (Å²) < 4.78 is 43.6. The minimum atomic E-state index is -3.10. The summed E-state index contributed by atoms with van der Waals surface area (Å²) in [5.74, 6) is 0.672. The number of aliphatic hydroxyl groups is 1.